The smallest absolute Gasteiger partial charge is 0.254 e. The highest BCUT2D eigenvalue weighted by atomic mass is 35.5. The van der Waals surface area contributed by atoms with Crippen molar-refractivity contribution in [2.45, 2.75) is 32.4 Å². The number of rotatable bonds is 4. The van der Waals surface area contributed by atoms with Crippen LogP contribution in [0.25, 0.3) is 21.8 Å². The zero-order chi connectivity index (χ0) is 26.6. The lowest BCUT2D eigenvalue weighted by Gasteiger charge is -2.23. The number of nitrogens with two attached hydrogens (primary N) is 1. The van der Waals surface area contributed by atoms with Crippen LogP contribution < -0.4 is 5.73 Å². The molecule has 1 aromatic carbocycles. The van der Waals surface area contributed by atoms with Gasteiger partial charge in [0.2, 0.25) is 0 Å². The van der Waals surface area contributed by atoms with Crippen LogP contribution in [-0.4, -0.2) is 46.4 Å². The first kappa shape index (κ1) is 23.9. The molecule has 0 aliphatic heterocycles. The number of aromatic nitrogens is 6. The lowest BCUT2D eigenvalue weighted by molar-refractivity contribution is 0.0727. The Bertz CT molecular complexity index is 1800. The van der Waals surface area contributed by atoms with E-state index in [4.69, 9.17) is 17.3 Å². The van der Waals surface area contributed by atoms with E-state index in [1.807, 2.05) is 44.2 Å². The molecule has 0 bridgehead atoms. The highest BCUT2D eigenvalue weighted by Crippen LogP contribution is 2.33. The molecule has 0 atom stereocenters. The van der Waals surface area contributed by atoms with Crippen LogP contribution in [-0.2, 0) is 20.6 Å². The van der Waals surface area contributed by atoms with Crippen molar-refractivity contribution in [3.8, 4) is 11.8 Å². The third kappa shape index (κ3) is 4.33. The van der Waals surface area contributed by atoms with Gasteiger partial charge in [0.15, 0.2) is 0 Å². The molecule has 1 saturated carbocycles. The maximum atomic E-state index is 13.9. The lowest BCUT2D eigenvalue weighted by Crippen LogP contribution is -2.33. The summed E-state index contributed by atoms with van der Waals surface area (Å²) in [5, 5.41) is 10.6. The molecule has 0 unspecified atom stereocenters. The number of nitrogens with zero attached hydrogens (tertiary/aromatic N) is 7. The van der Waals surface area contributed by atoms with E-state index in [2.05, 4.69) is 32.0 Å². The summed E-state index contributed by atoms with van der Waals surface area (Å²) in [7, 11) is 3.70. The summed E-state index contributed by atoms with van der Waals surface area (Å²) in [5.41, 5.74) is 11.4. The van der Waals surface area contributed by atoms with E-state index in [0.29, 0.717) is 34.2 Å². The SMILES string of the molecule is Cc1cc2nc(N)c3cnn(C)c3c2cc1C(=O)N(Cc1cc(Cl)c(C#Cc2cnn(C)c2)cn1)C1CC1. The average molecular weight is 525 g/mol. The van der Waals surface area contributed by atoms with Crippen molar-refractivity contribution in [3.05, 3.63) is 76.0 Å². The second-order valence-electron chi connectivity index (χ2n) is 9.68. The topological polar surface area (TPSA) is 108 Å². The Labute approximate surface area is 224 Å². The first-order valence-electron chi connectivity index (χ1n) is 12.3. The highest BCUT2D eigenvalue weighted by molar-refractivity contribution is 6.31. The molecule has 0 radical (unpaired) electrons. The van der Waals surface area contributed by atoms with Gasteiger partial charge in [0, 0.05) is 43.5 Å². The molecule has 9 nitrogen and oxygen atoms in total. The number of aryl methyl sites for hydroxylation is 3. The van der Waals surface area contributed by atoms with Crippen LogP contribution in [0, 0.1) is 18.8 Å². The third-order valence-electron chi connectivity index (χ3n) is 6.82. The molecule has 38 heavy (non-hydrogen) atoms. The van der Waals surface area contributed by atoms with Gasteiger partial charge in [0.25, 0.3) is 5.91 Å². The highest BCUT2D eigenvalue weighted by Gasteiger charge is 2.34. The van der Waals surface area contributed by atoms with Crippen LogP contribution in [0.3, 0.4) is 0 Å². The number of hydrogen-bond acceptors (Lipinski definition) is 6. The van der Waals surface area contributed by atoms with Gasteiger partial charge < -0.3 is 10.6 Å². The van der Waals surface area contributed by atoms with Crippen LogP contribution in [0.1, 0.15) is 45.6 Å². The normalized spacial score (nSPS) is 13.1. The average Bonchev–Trinajstić information content (AvgIpc) is 3.52. The van der Waals surface area contributed by atoms with E-state index in [0.717, 1.165) is 45.8 Å². The Hall–Kier alpha value is -4.42. The molecule has 6 rings (SSSR count). The molecule has 2 N–H and O–H groups in total. The summed E-state index contributed by atoms with van der Waals surface area (Å²) in [4.78, 5) is 24.9. The van der Waals surface area contributed by atoms with E-state index in [1.54, 1.807) is 34.0 Å². The summed E-state index contributed by atoms with van der Waals surface area (Å²) in [5.74, 6) is 6.48. The number of halogens is 1. The standard InChI is InChI=1S/C28H25ClN8O/c1-16-8-25-22(26-23(27(30)34-25)13-33-36(26)3)10-21(16)28(38)37(20-6-7-20)15-19-9-24(29)18(12-31-19)5-4-17-11-32-35(2)14-17/h8-14,20H,6-7,15H2,1-3H3,(H2,30,34). The van der Waals surface area contributed by atoms with Gasteiger partial charge in [0.1, 0.15) is 5.82 Å². The Balaban J connectivity index is 1.32. The van der Waals surface area contributed by atoms with Crippen molar-refractivity contribution in [1.29, 1.82) is 0 Å². The summed E-state index contributed by atoms with van der Waals surface area (Å²) >= 11 is 6.55. The van der Waals surface area contributed by atoms with Crippen molar-refractivity contribution in [3.63, 3.8) is 0 Å². The zero-order valence-electron chi connectivity index (χ0n) is 21.2. The predicted octanol–water partition coefficient (Wildman–Crippen LogP) is 4.00. The zero-order valence-corrected chi connectivity index (χ0v) is 22.0. The molecule has 1 amide bonds. The molecule has 190 valence electrons. The first-order chi connectivity index (χ1) is 18.3. The summed E-state index contributed by atoms with van der Waals surface area (Å²) in [6.45, 7) is 2.28. The van der Waals surface area contributed by atoms with Crippen LogP contribution >= 0.6 is 11.6 Å². The largest absolute Gasteiger partial charge is 0.383 e. The molecule has 10 heteroatoms. The van der Waals surface area contributed by atoms with E-state index >= 15 is 0 Å². The van der Waals surface area contributed by atoms with Gasteiger partial charge >= 0.3 is 0 Å². The number of benzene rings is 1. The number of amides is 1. The Morgan fingerprint density at radius 1 is 1.13 bits per heavy atom. The van der Waals surface area contributed by atoms with Gasteiger partial charge in [0.05, 0.1) is 57.2 Å². The summed E-state index contributed by atoms with van der Waals surface area (Å²) in [6.07, 6.45) is 8.82. The van der Waals surface area contributed by atoms with Gasteiger partial charge in [-0.3, -0.25) is 19.1 Å². The minimum absolute atomic E-state index is 0.0441. The quantitative estimate of drug-likeness (QED) is 0.356. The molecule has 0 spiro atoms. The maximum absolute atomic E-state index is 13.9. The molecule has 4 heterocycles. The number of carbonyl (C=O) groups is 1. The monoisotopic (exact) mass is 524 g/mol. The van der Waals surface area contributed by atoms with Crippen molar-refractivity contribution >= 4 is 45.1 Å². The van der Waals surface area contributed by atoms with Crippen LogP contribution in [0.2, 0.25) is 5.02 Å². The molecule has 4 aromatic heterocycles. The molecular formula is C28H25ClN8O. The Kier molecular flexibility index (Phi) is 5.77. The Morgan fingerprint density at radius 2 is 1.95 bits per heavy atom. The van der Waals surface area contributed by atoms with Gasteiger partial charge in [-0.1, -0.05) is 23.4 Å². The molecule has 0 saturated heterocycles. The molecule has 1 fully saturated rings. The van der Waals surface area contributed by atoms with E-state index in [1.165, 1.54) is 0 Å². The van der Waals surface area contributed by atoms with Crippen LogP contribution in [0.5, 0.6) is 0 Å². The minimum atomic E-state index is -0.0441. The maximum Gasteiger partial charge on any atom is 0.254 e. The summed E-state index contributed by atoms with van der Waals surface area (Å²) in [6, 6.07) is 5.79. The van der Waals surface area contributed by atoms with Gasteiger partial charge in [-0.05, 0) is 43.5 Å². The second kappa shape index (κ2) is 9.15. The van der Waals surface area contributed by atoms with Gasteiger partial charge in [-0.15, -0.1) is 0 Å². The number of pyridine rings is 2. The number of nitrogen functional groups attached to an aromatic ring is 1. The van der Waals surface area contributed by atoms with E-state index in [-0.39, 0.29) is 11.9 Å². The molecule has 5 aromatic rings. The second-order valence-corrected chi connectivity index (χ2v) is 10.1. The first-order valence-corrected chi connectivity index (χ1v) is 12.6. The number of fused-ring (bicyclic) bond motifs is 3. The van der Waals surface area contributed by atoms with Crippen molar-refractivity contribution in [2.75, 3.05) is 5.73 Å². The Morgan fingerprint density at radius 3 is 2.66 bits per heavy atom. The minimum Gasteiger partial charge on any atom is -0.383 e. The van der Waals surface area contributed by atoms with Crippen molar-refractivity contribution in [1.82, 2.24) is 34.4 Å². The molecule has 1 aliphatic rings. The van der Waals surface area contributed by atoms with E-state index < -0.39 is 0 Å². The van der Waals surface area contributed by atoms with Crippen molar-refractivity contribution in [2.24, 2.45) is 14.1 Å². The molecular weight excluding hydrogens is 500 g/mol. The fraction of sp³-hybridized carbons (Fsp3) is 0.250. The van der Waals surface area contributed by atoms with Crippen LogP contribution in [0.4, 0.5) is 5.82 Å². The third-order valence-corrected chi connectivity index (χ3v) is 7.13. The predicted molar refractivity (Wildman–Crippen MR) is 146 cm³/mol. The lowest BCUT2D eigenvalue weighted by atomic mass is 10.0. The van der Waals surface area contributed by atoms with Gasteiger partial charge in [-0.2, -0.15) is 10.2 Å². The van der Waals surface area contributed by atoms with Crippen LogP contribution in [0.15, 0.2) is 43.0 Å². The number of anilines is 1. The van der Waals surface area contributed by atoms with Crippen molar-refractivity contribution < 1.29 is 4.79 Å². The molecule has 1 aliphatic carbocycles. The fourth-order valence-corrected chi connectivity index (χ4v) is 4.92. The number of hydrogen-bond donors (Lipinski definition) is 1. The summed E-state index contributed by atoms with van der Waals surface area (Å²) < 4.78 is 3.46. The fourth-order valence-electron chi connectivity index (χ4n) is 4.70. The van der Waals surface area contributed by atoms with E-state index in [9.17, 15) is 4.79 Å². The van der Waals surface area contributed by atoms with Gasteiger partial charge in [-0.25, -0.2) is 4.98 Å². The number of carbonyl (C=O) groups excluding carboxylic acids is 1.